The molecule has 0 saturated carbocycles. The Bertz CT molecular complexity index is 917. The van der Waals surface area contributed by atoms with Crippen molar-refractivity contribution in [3.63, 3.8) is 0 Å². The maximum Gasteiger partial charge on any atom is 0.307 e. The second-order valence-corrected chi connectivity index (χ2v) is 6.72. The van der Waals surface area contributed by atoms with E-state index in [1.165, 1.54) is 24.5 Å². The number of amides is 1. The SMILES string of the molecule is COC(=O)CC(NC(=O)/C=C/c1cnn(-c2ccccc2)c1)c1cccs1. The maximum absolute atomic E-state index is 12.3. The summed E-state index contributed by atoms with van der Waals surface area (Å²) in [6, 6.07) is 13.1. The van der Waals surface area contributed by atoms with Gasteiger partial charge in [0.2, 0.25) is 5.91 Å². The molecule has 1 amide bonds. The number of carbonyl (C=O) groups excluding carboxylic acids is 2. The van der Waals surface area contributed by atoms with Gasteiger partial charge in [0.25, 0.3) is 0 Å². The third-order valence-electron chi connectivity index (χ3n) is 3.85. The number of nitrogens with zero attached hydrogens (tertiary/aromatic N) is 2. The zero-order valence-corrected chi connectivity index (χ0v) is 15.6. The number of hydrogen-bond donors (Lipinski definition) is 1. The van der Waals surface area contributed by atoms with Gasteiger partial charge in [-0.05, 0) is 29.7 Å². The molecule has 138 valence electrons. The van der Waals surface area contributed by atoms with Crippen LogP contribution in [0.1, 0.15) is 22.9 Å². The summed E-state index contributed by atoms with van der Waals surface area (Å²) in [5.74, 6) is -0.661. The monoisotopic (exact) mass is 381 g/mol. The number of methoxy groups -OCH3 is 1. The van der Waals surface area contributed by atoms with Crippen molar-refractivity contribution in [1.82, 2.24) is 15.1 Å². The number of ether oxygens (including phenoxy) is 1. The zero-order valence-electron chi connectivity index (χ0n) is 14.7. The van der Waals surface area contributed by atoms with Crippen LogP contribution in [-0.2, 0) is 14.3 Å². The number of aromatic nitrogens is 2. The first-order valence-electron chi connectivity index (χ1n) is 8.34. The Morgan fingerprint density at radius 3 is 2.78 bits per heavy atom. The van der Waals surface area contributed by atoms with Crippen LogP contribution in [-0.4, -0.2) is 28.8 Å². The fourth-order valence-electron chi connectivity index (χ4n) is 2.50. The number of rotatable bonds is 7. The van der Waals surface area contributed by atoms with Crippen LogP contribution in [0.3, 0.4) is 0 Å². The first-order chi connectivity index (χ1) is 13.2. The van der Waals surface area contributed by atoms with Crippen LogP contribution >= 0.6 is 11.3 Å². The predicted molar refractivity (Wildman–Crippen MR) is 104 cm³/mol. The molecule has 2 aromatic heterocycles. The Balaban J connectivity index is 1.65. The van der Waals surface area contributed by atoms with Gasteiger partial charge in [0, 0.05) is 22.7 Å². The van der Waals surface area contributed by atoms with Gasteiger partial charge in [-0.25, -0.2) is 4.68 Å². The lowest BCUT2D eigenvalue weighted by atomic mass is 10.1. The number of benzene rings is 1. The molecule has 1 N–H and O–H groups in total. The largest absolute Gasteiger partial charge is 0.469 e. The minimum Gasteiger partial charge on any atom is -0.469 e. The lowest BCUT2D eigenvalue weighted by Crippen LogP contribution is -2.28. The number of para-hydroxylation sites is 1. The summed E-state index contributed by atoms with van der Waals surface area (Å²) in [4.78, 5) is 24.8. The van der Waals surface area contributed by atoms with Gasteiger partial charge in [-0.2, -0.15) is 5.10 Å². The van der Waals surface area contributed by atoms with Crippen LogP contribution in [0.4, 0.5) is 0 Å². The Hall–Kier alpha value is -3.19. The molecule has 1 aromatic carbocycles. The van der Waals surface area contributed by atoms with Crippen LogP contribution in [0.2, 0.25) is 0 Å². The van der Waals surface area contributed by atoms with Crippen LogP contribution in [0.25, 0.3) is 11.8 Å². The van der Waals surface area contributed by atoms with E-state index in [4.69, 9.17) is 4.74 Å². The standard InChI is InChI=1S/C20H19N3O3S/c1-26-20(25)12-17(18-8-5-11-27-18)22-19(24)10-9-15-13-21-23(14-15)16-6-3-2-4-7-16/h2-11,13-14,17H,12H2,1H3,(H,22,24)/b10-9+. The van der Waals surface area contributed by atoms with E-state index in [9.17, 15) is 9.59 Å². The van der Waals surface area contributed by atoms with Gasteiger partial charge >= 0.3 is 5.97 Å². The van der Waals surface area contributed by atoms with Gasteiger partial charge in [-0.15, -0.1) is 11.3 Å². The molecule has 7 heteroatoms. The molecule has 0 radical (unpaired) electrons. The van der Waals surface area contributed by atoms with Crippen molar-refractivity contribution in [3.8, 4) is 5.69 Å². The van der Waals surface area contributed by atoms with E-state index in [1.807, 2.05) is 54.0 Å². The quantitative estimate of drug-likeness (QED) is 0.503. The van der Waals surface area contributed by atoms with Crippen molar-refractivity contribution in [2.75, 3.05) is 7.11 Å². The summed E-state index contributed by atoms with van der Waals surface area (Å²) in [6.45, 7) is 0. The van der Waals surface area contributed by atoms with Crippen molar-refractivity contribution in [2.24, 2.45) is 0 Å². The minimum atomic E-state index is -0.415. The van der Waals surface area contributed by atoms with Gasteiger partial charge in [-0.1, -0.05) is 24.3 Å². The highest BCUT2D eigenvalue weighted by atomic mass is 32.1. The molecule has 6 nitrogen and oxygen atoms in total. The molecule has 1 atom stereocenters. The molecule has 0 aliphatic carbocycles. The van der Waals surface area contributed by atoms with Crippen molar-refractivity contribution in [2.45, 2.75) is 12.5 Å². The first-order valence-corrected chi connectivity index (χ1v) is 9.22. The fraction of sp³-hybridized carbons (Fsp3) is 0.150. The van der Waals surface area contributed by atoms with E-state index in [2.05, 4.69) is 10.4 Å². The Kier molecular flexibility index (Phi) is 6.17. The number of hydrogen-bond acceptors (Lipinski definition) is 5. The summed E-state index contributed by atoms with van der Waals surface area (Å²) in [6.07, 6.45) is 6.73. The highest BCUT2D eigenvalue weighted by molar-refractivity contribution is 7.10. The maximum atomic E-state index is 12.3. The van der Waals surface area contributed by atoms with E-state index >= 15 is 0 Å². The lowest BCUT2D eigenvalue weighted by Gasteiger charge is -2.15. The molecule has 0 aliphatic heterocycles. The molecular weight excluding hydrogens is 362 g/mol. The molecule has 0 spiro atoms. The van der Waals surface area contributed by atoms with Gasteiger partial charge in [0.05, 0.1) is 31.5 Å². The van der Waals surface area contributed by atoms with Crippen molar-refractivity contribution >= 4 is 29.3 Å². The van der Waals surface area contributed by atoms with Crippen LogP contribution in [0.15, 0.2) is 66.3 Å². The van der Waals surface area contributed by atoms with E-state index in [0.717, 1.165) is 16.1 Å². The molecule has 3 rings (SSSR count). The zero-order chi connectivity index (χ0) is 19.1. The van der Waals surface area contributed by atoms with Gasteiger partial charge in [-0.3, -0.25) is 9.59 Å². The molecule has 0 fully saturated rings. The summed E-state index contributed by atoms with van der Waals surface area (Å²) in [7, 11) is 1.33. The summed E-state index contributed by atoms with van der Waals surface area (Å²) in [5.41, 5.74) is 1.74. The molecule has 27 heavy (non-hydrogen) atoms. The summed E-state index contributed by atoms with van der Waals surface area (Å²) in [5, 5.41) is 9.04. The minimum absolute atomic E-state index is 0.0858. The van der Waals surface area contributed by atoms with Crippen molar-refractivity contribution in [1.29, 1.82) is 0 Å². The molecule has 1 unspecified atom stereocenters. The van der Waals surface area contributed by atoms with Crippen LogP contribution < -0.4 is 5.32 Å². The summed E-state index contributed by atoms with van der Waals surface area (Å²) >= 11 is 1.48. The van der Waals surface area contributed by atoms with E-state index in [-0.39, 0.29) is 18.3 Å². The predicted octanol–water partition coefficient (Wildman–Crippen LogP) is 3.37. The van der Waals surface area contributed by atoms with Crippen molar-refractivity contribution in [3.05, 3.63) is 76.8 Å². The Morgan fingerprint density at radius 1 is 1.26 bits per heavy atom. The number of carbonyl (C=O) groups is 2. The van der Waals surface area contributed by atoms with E-state index < -0.39 is 6.04 Å². The Morgan fingerprint density at radius 2 is 2.07 bits per heavy atom. The van der Waals surface area contributed by atoms with E-state index in [1.54, 1.807) is 17.0 Å². The fourth-order valence-corrected chi connectivity index (χ4v) is 3.28. The molecule has 3 aromatic rings. The normalized spacial score (nSPS) is 12.0. The van der Waals surface area contributed by atoms with Gasteiger partial charge in [0.15, 0.2) is 0 Å². The molecule has 0 aliphatic rings. The average molecular weight is 381 g/mol. The van der Waals surface area contributed by atoms with Gasteiger partial charge in [0.1, 0.15) is 0 Å². The van der Waals surface area contributed by atoms with Crippen LogP contribution in [0.5, 0.6) is 0 Å². The second kappa shape index (κ2) is 8.95. The van der Waals surface area contributed by atoms with E-state index in [0.29, 0.717) is 0 Å². The molecule has 0 saturated heterocycles. The molecule has 2 heterocycles. The second-order valence-electron chi connectivity index (χ2n) is 5.74. The highest BCUT2D eigenvalue weighted by Gasteiger charge is 2.18. The Labute approximate surface area is 161 Å². The number of nitrogens with one attached hydrogen (secondary N) is 1. The first kappa shape index (κ1) is 18.6. The molecular formula is C20H19N3O3S. The average Bonchev–Trinajstić information content (AvgIpc) is 3.38. The lowest BCUT2D eigenvalue weighted by molar-refractivity contribution is -0.141. The number of thiophene rings is 1. The van der Waals surface area contributed by atoms with Gasteiger partial charge < -0.3 is 10.1 Å². The number of esters is 1. The third kappa shape index (κ3) is 5.15. The topological polar surface area (TPSA) is 73.2 Å². The summed E-state index contributed by atoms with van der Waals surface area (Å²) < 4.78 is 6.46. The third-order valence-corrected chi connectivity index (χ3v) is 4.84. The van der Waals surface area contributed by atoms with Crippen molar-refractivity contribution < 1.29 is 14.3 Å². The van der Waals surface area contributed by atoms with Crippen LogP contribution in [0, 0.1) is 0 Å². The smallest absolute Gasteiger partial charge is 0.307 e. The molecule has 0 bridgehead atoms. The highest BCUT2D eigenvalue weighted by Crippen LogP contribution is 2.22.